The number of amides is 2. The molecule has 1 aromatic heterocycles. The number of nitrogens with zero attached hydrogens (tertiary/aromatic N) is 2. The minimum absolute atomic E-state index is 0.129. The number of nitrogens with one attached hydrogen (secondary N) is 1. The van der Waals surface area contributed by atoms with E-state index in [9.17, 15) is 14.0 Å². The molecule has 2 heterocycles. The summed E-state index contributed by atoms with van der Waals surface area (Å²) >= 11 is 0. The lowest BCUT2D eigenvalue weighted by atomic mass is 9.66. The minimum Gasteiger partial charge on any atom is -0.345 e. The van der Waals surface area contributed by atoms with Gasteiger partial charge in [0.15, 0.2) is 0 Å². The van der Waals surface area contributed by atoms with Gasteiger partial charge in [-0.05, 0) is 62.9 Å². The summed E-state index contributed by atoms with van der Waals surface area (Å²) in [4.78, 5) is 31.4. The molecule has 0 bridgehead atoms. The molecule has 29 heavy (non-hydrogen) atoms. The average molecular weight is 399 g/mol. The van der Waals surface area contributed by atoms with Gasteiger partial charge in [-0.15, -0.1) is 0 Å². The van der Waals surface area contributed by atoms with Crippen LogP contribution in [0.3, 0.4) is 0 Å². The first kappa shape index (κ1) is 19.5. The maximum Gasteiger partial charge on any atom is 0.270 e. The molecule has 2 fully saturated rings. The first-order valence-corrected chi connectivity index (χ1v) is 9.79. The molecule has 4 rings (SSSR count). The van der Waals surface area contributed by atoms with E-state index in [2.05, 4.69) is 10.3 Å². The zero-order valence-corrected chi connectivity index (χ0v) is 16.2. The summed E-state index contributed by atoms with van der Waals surface area (Å²) in [5.41, 5.74) is -1.65. The van der Waals surface area contributed by atoms with Gasteiger partial charge in [0, 0.05) is 18.4 Å². The Hall–Kier alpha value is -2.83. The van der Waals surface area contributed by atoms with E-state index < -0.39 is 28.8 Å². The van der Waals surface area contributed by atoms with Crippen LogP contribution in [0.2, 0.25) is 0 Å². The van der Waals surface area contributed by atoms with Crippen molar-refractivity contribution >= 4 is 17.5 Å². The van der Waals surface area contributed by atoms with Gasteiger partial charge in [-0.3, -0.25) is 14.6 Å². The zero-order valence-electron chi connectivity index (χ0n) is 16.2. The maximum atomic E-state index is 15.2. The van der Waals surface area contributed by atoms with Crippen molar-refractivity contribution in [1.29, 1.82) is 0 Å². The van der Waals surface area contributed by atoms with E-state index in [4.69, 9.17) is 0 Å². The smallest absolute Gasteiger partial charge is 0.270 e. The Labute approximate surface area is 168 Å². The van der Waals surface area contributed by atoms with Crippen LogP contribution in [0.15, 0.2) is 48.7 Å². The first-order chi connectivity index (χ1) is 13.8. The molecule has 0 radical (unpaired) electrons. The van der Waals surface area contributed by atoms with E-state index in [1.165, 1.54) is 25.3 Å². The van der Waals surface area contributed by atoms with Crippen molar-refractivity contribution in [2.75, 3.05) is 11.4 Å². The molecular weight excluding hydrogens is 376 g/mol. The molecule has 2 aromatic rings. The van der Waals surface area contributed by atoms with E-state index in [0.717, 1.165) is 0 Å². The largest absolute Gasteiger partial charge is 0.345 e. The number of aromatic nitrogens is 1. The normalized spacial score (nSPS) is 29.3. The first-order valence-electron chi connectivity index (χ1n) is 9.79. The van der Waals surface area contributed by atoms with E-state index in [-0.39, 0.29) is 24.4 Å². The molecule has 2 aliphatic rings. The highest BCUT2D eigenvalue weighted by atomic mass is 19.1. The zero-order chi connectivity index (χ0) is 20.6. The number of benzene rings is 1. The van der Waals surface area contributed by atoms with Gasteiger partial charge < -0.3 is 10.2 Å². The number of carbonyl (C=O) groups excluding carboxylic acids is 2. The third-order valence-electron chi connectivity index (χ3n) is 6.25. The van der Waals surface area contributed by atoms with Crippen LogP contribution in [-0.2, 0) is 4.79 Å². The third kappa shape index (κ3) is 3.61. The van der Waals surface area contributed by atoms with Crippen molar-refractivity contribution in [2.45, 2.75) is 44.3 Å². The number of halogens is 2. The van der Waals surface area contributed by atoms with Gasteiger partial charge in [-0.25, -0.2) is 8.78 Å². The summed E-state index contributed by atoms with van der Waals surface area (Å²) in [7, 11) is 0. The second-order valence-corrected chi connectivity index (χ2v) is 8.19. The molecule has 7 heteroatoms. The second kappa shape index (κ2) is 7.21. The predicted molar refractivity (Wildman–Crippen MR) is 105 cm³/mol. The van der Waals surface area contributed by atoms with E-state index in [1.54, 1.807) is 35.2 Å². The van der Waals surface area contributed by atoms with E-state index in [0.29, 0.717) is 25.1 Å². The lowest BCUT2D eigenvalue weighted by molar-refractivity contribution is -0.129. The van der Waals surface area contributed by atoms with E-state index in [1.807, 2.05) is 0 Å². The average Bonchev–Trinajstić information content (AvgIpc) is 3.02. The topological polar surface area (TPSA) is 62.3 Å². The summed E-state index contributed by atoms with van der Waals surface area (Å²) in [6, 6.07) is 10.1. The maximum absolute atomic E-state index is 15.2. The minimum atomic E-state index is -1.62. The molecule has 1 aliphatic heterocycles. The number of pyridine rings is 1. The fourth-order valence-electron chi connectivity index (χ4n) is 4.43. The van der Waals surface area contributed by atoms with Crippen LogP contribution in [-0.4, -0.2) is 35.1 Å². The summed E-state index contributed by atoms with van der Waals surface area (Å²) < 4.78 is 28.8. The quantitative estimate of drug-likeness (QED) is 0.857. The number of hydrogen-bond acceptors (Lipinski definition) is 3. The Morgan fingerprint density at radius 3 is 2.76 bits per heavy atom. The Morgan fingerprint density at radius 2 is 2.03 bits per heavy atom. The number of carbonyl (C=O) groups is 2. The molecule has 1 saturated heterocycles. The molecule has 1 spiro atoms. The highest BCUT2D eigenvalue weighted by Crippen LogP contribution is 2.49. The fraction of sp³-hybridized carbons (Fsp3) is 0.409. The number of rotatable bonds is 3. The molecule has 3 atom stereocenters. The van der Waals surface area contributed by atoms with Crippen molar-refractivity contribution in [3.05, 3.63) is 60.2 Å². The van der Waals surface area contributed by atoms with Gasteiger partial charge in [0.25, 0.3) is 5.91 Å². The van der Waals surface area contributed by atoms with Gasteiger partial charge in [-0.2, -0.15) is 0 Å². The number of anilines is 1. The van der Waals surface area contributed by atoms with Gasteiger partial charge >= 0.3 is 0 Å². The molecule has 5 nitrogen and oxygen atoms in total. The van der Waals surface area contributed by atoms with Gasteiger partial charge in [0.05, 0.1) is 11.5 Å². The van der Waals surface area contributed by atoms with Crippen LogP contribution in [0.25, 0.3) is 0 Å². The standard InChI is InChI=1S/C22H23F2N3O2/c1-21(24)8-9-22(14-18(21)26-19(28)17-7-2-3-11-25-17)10-12-27(20(22)29)16-6-4-5-15(23)13-16/h2-7,11,13,18H,8-10,12,14H2,1H3,(H,26,28). The van der Waals surface area contributed by atoms with Crippen molar-refractivity contribution in [3.8, 4) is 0 Å². The Balaban J connectivity index is 1.55. The van der Waals surface area contributed by atoms with Crippen LogP contribution < -0.4 is 10.2 Å². The molecule has 152 valence electrons. The molecule has 1 saturated carbocycles. The van der Waals surface area contributed by atoms with Crippen LogP contribution >= 0.6 is 0 Å². The van der Waals surface area contributed by atoms with Crippen molar-refractivity contribution in [3.63, 3.8) is 0 Å². The third-order valence-corrected chi connectivity index (χ3v) is 6.25. The molecule has 3 unspecified atom stereocenters. The van der Waals surface area contributed by atoms with Gasteiger partial charge in [-0.1, -0.05) is 12.1 Å². The number of hydrogen-bond donors (Lipinski definition) is 1. The summed E-state index contributed by atoms with van der Waals surface area (Å²) in [5.74, 6) is -0.989. The van der Waals surface area contributed by atoms with Crippen molar-refractivity contribution in [2.24, 2.45) is 5.41 Å². The number of alkyl halides is 1. The van der Waals surface area contributed by atoms with Gasteiger partial charge in [0.1, 0.15) is 17.2 Å². The summed E-state index contributed by atoms with van der Waals surface area (Å²) in [6.07, 6.45) is 2.84. The Morgan fingerprint density at radius 1 is 1.21 bits per heavy atom. The van der Waals surface area contributed by atoms with Crippen LogP contribution in [0.5, 0.6) is 0 Å². The summed E-state index contributed by atoms with van der Waals surface area (Å²) in [5, 5.41) is 2.75. The SMILES string of the molecule is CC1(F)CCC2(CCN(c3cccc(F)c3)C2=O)CC1NC(=O)c1ccccn1. The summed E-state index contributed by atoms with van der Waals surface area (Å²) in [6.45, 7) is 1.92. The van der Waals surface area contributed by atoms with Crippen LogP contribution in [0.1, 0.15) is 43.1 Å². The Kier molecular flexibility index (Phi) is 4.84. The molecule has 2 amide bonds. The Bertz CT molecular complexity index is 935. The molecular formula is C22H23F2N3O2. The van der Waals surface area contributed by atoms with Crippen molar-refractivity contribution < 1.29 is 18.4 Å². The lowest BCUT2D eigenvalue weighted by Crippen LogP contribution is -2.56. The van der Waals surface area contributed by atoms with E-state index >= 15 is 4.39 Å². The monoisotopic (exact) mass is 399 g/mol. The fourth-order valence-corrected chi connectivity index (χ4v) is 4.43. The molecule has 1 aromatic carbocycles. The second-order valence-electron chi connectivity index (χ2n) is 8.19. The van der Waals surface area contributed by atoms with Crippen molar-refractivity contribution in [1.82, 2.24) is 10.3 Å². The highest BCUT2D eigenvalue weighted by Gasteiger charge is 2.55. The van der Waals surface area contributed by atoms with Crippen LogP contribution in [0, 0.1) is 11.2 Å². The molecule has 1 N–H and O–H groups in total. The highest BCUT2D eigenvalue weighted by molar-refractivity contribution is 6.00. The van der Waals surface area contributed by atoms with Crippen LogP contribution in [0.4, 0.5) is 14.5 Å². The lowest BCUT2D eigenvalue weighted by Gasteiger charge is -2.43. The molecule has 1 aliphatic carbocycles. The van der Waals surface area contributed by atoms with Gasteiger partial charge in [0.2, 0.25) is 5.91 Å². The predicted octanol–water partition coefficient (Wildman–Crippen LogP) is 3.65.